The van der Waals surface area contributed by atoms with Crippen LogP contribution in [0.2, 0.25) is 0 Å². The molecule has 0 fully saturated rings. The summed E-state index contributed by atoms with van der Waals surface area (Å²) < 4.78 is 0. The molecular formula is C21H28N6O5. The zero-order chi connectivity index (χ0) is 23.7. The zero-order valence-electron chi connectivity index (χ0n) is 17.9. The Labute approximate surface area is 185 Å². The first-order valence-electron chi connectivity index (χ1n) is 10.1. The molecule has 11 nitrogen and oxygen atoms in total. The highest BCUT2D eigenvalue weighted by Crippen LogP contribution is 2.05. The van der Waals surface area contributed by atoms with Crippen molar-refractivity contribution >= 4 is 23.7 Å². The summed E-state index contributed by atoms with van der Waals surface area (Å²) in [5.41, 5.74) is 7.33. The van der Waals surface area contributed by atoms with Crippen LogP contribution in [-0.4, -0.2) is 62.9 Å². The van der Waals surface area contributed by atoms with Crippen LogP contribution in [0.4, 0.5) is 0 Å². The molecule has 4 atom stereocenters. The fourth-order valence-corrected chi connectivity index (χ4v) is 2.84. The van der Waals surface area contributed by atoms with E-state index in [0.29, 0.717) is 5.69 Å². The molecule has 0 saturated carbocycles. The number of H-pyrrole nitrogens is 1. The minimum atomic E-state index is -1.20. The number of carbonyl (C=O) groups is 4. The van der Waals surface area contributed by atoms with E-state index >= 15 is 0 Å². The van der Waals surface area contributed by atoms with Gasteiger partial charge in [0.15, 0.2) is 0 Å². The van der Waals surface area contributed by atoms with Crippen LogP contribution in [0.25, 0.3) is 0 Å². The first-order chi connectivity index (χ1) is 15.2. The van der Waals surface area contributed by atoms with Gasteiger partial charge in [0.25, 0.3) is 0 Å². The molecule has 0 aliphatic rings. The summed E-state index contributed by atoms with van der Waals surface area (Å²) in [6.45, 7) is 2.79. The smallest absolute Gasteiger partial charge is 0.325 e. The van der Waals surface area contributed by atoms with Crippen molar-refractivity contribution in [2.24, 2.45) is 5.73 Å². The Kier molecular flexibility index (Phi) is 8.90. The number of carboxylic acid groups (broad SMARTS) is 1. The number of amides is 3. The molecule has 0 aliphatic heterocycles. The first-order valence-corrected chi connectivity index (χ1v) is 10.1. The molecule has 0 bridgehead atoms. The summed E-state index contributed by atoms with van der Waals surface area (Å²) in [6.07, 6.45) is 3.38. The highest BCUT2D eigenvalue weighted by molar-refractivity contribution is 5.94. The fourth-order valence-electron chi connectivity index (χ4n) is 2.84. The number of aliphatic carboxylic acids is 1. The molecule has 32 heavy (non-hydrogen) atoms. The molecule has 0 aliphatic carbocycles. The summed E-state index contributed by atoms with van der Waals surface area (Å²) in [4.78, 5) is 55.4. The van der Waals surface area contributed by atoms with Gasteiger partial charge in [0.2, 0.25) is 17.7 Å². The quantitative estimate of drug-likeness (QED) is 0.260. The van der Waals surface area contributed by atoms with Gasteiger partial charge < -0.3 is 31.8 Å². The lowest BCUT2D eigenvalue weighted by molar-refractivity contribution is -0.141. The number of hydrogen-bond acceptors (Lipinski definition) is 6. The fraction of sp³-hybridized carbons (Fsp3) is 0.381. The predicted molar refractivity (Wildman–Crippen MR) is 115 cm³/mol. The van der Waals surface area contributed by atoms with E-state index in [2.05, 4.69) is 25.9 Å². The number of nitrogens with zero attached hydrogens (tertiary/aromatic N) is 1. The molecule has 3 amide bonds. The van der Waals surface area contributed by atoms with E-state index in [1.54, 1.807) is 30.5 Å². The monoisotopic (exact) mass is 444 g/mol. The largest absolute Gasteiger partial charge is 0.480 e. The molecule has 172 valence electrons. The molecule has 2 rings (SSSR count). The molecule has 0 spiro atoms. The summed E-state index contributed by atoms with van der Waals surface area (Å²) in [6, 6.07) is 4.92. The molecule has 0 radical (unpaired) electrons. The summed E-state index contributed by atoms with van der Waals surface area (Å²) in [5, 5.41) is 16.5. The predicted octanol–water partition coefficient (Wildman–Crippen LogP) is -0.899. The number of aromatic amines is 1. The van der Waals surface area contributed by atoms with Gasteiger partial charge in [-0.15, -0.1) is 0 Å². The third-order valence-corrected chi connectivity index (χ3v) is 4.73. The maximum Gasteiger partial charge on any atom is 0.325 e. The Bertz CT molecular complexity index is 918. The van der Waals surface area contributed by atoms with Gasteiger partial charge in [-0.1, -0.05) is 30.3 Å². The Hall–Kier alpha value is -3.73. The SMILES string of the molecule is CC(NC(=O)C(Cc1ccccc1)NC(=O)C(C)NC(=O)C(N)Cc1cnc[nH]1)C(=O)O. The van der Waals surface area contributed by atoms with Crippen molar-refractivity contribution in [2.45, 2.75) is 50.9 Å². The van der Waals surface area contributed by atoms with Gasteiger partial charge in [0, 0.05) is 24.7 Å². The second-order valence-corrected chi connectivity index (χ2v) is 7.44. The van der Waals surface area contributed by atoms with Crippen molar-refractivity contribution in [3.8, 4) is 0 Å². The standard InChI is InChI=1S/C21H28N6O5/c1-12(25-19(29)16(22)9-15-10-23-11-24-15)18(28)27-17(8-14-6-4-3-5-7-14)20(30)26-13(2)21(31)32/h3-7,10-13,16-17H,8-9,22H2,1-2H3,(H,23,24)(H,25,29)(H,26,30)(H,27,28)(H,31,32). The highest BCUT2D eigenvalue weighted by atomic mass is 16.4. The second-order valence-electron chi connectivity index (χ2n) is 7.44. The van der Waals surface area contributed by atoms with Crippen molar-refractivity contribution < 1.29 is 24.3 Å². The molecule has 7 N–H and O–H groups in total. The van der Waals surface area contributed by atoms with Crippen molar-refractivity contribution in [1.82, 2.24) is 25.9 Å². The minimum absolute atomic E-state index is 0.144. The van der Waals surface area contributed by atoms with Gasteiger partial charge in [-0.3, -0.25) is 19.2 Å². The Morgan fingerprint density at radius 1 is 0.969 bits per heavy atom. The van der Waals surface area contributed by atoms with Gasteiger partial charge in [-0.05, 0) is 19.4 Å². The number of nitrogens with two attached hydrogens (primary N) is 1. The number of hydrogen-bond donors (Lipinski definition) is 6. The number of carboxylic acids is 1. The second kappa shape index (κ2) is 11.6. The van der Waals surface area contributed by atoms with Crippen LogP contribution in [-0.2, 0) is 32.0 Å². The van der Waals surface area contributed by atoms with Crippen molar-refractivity contribution in [2.75, 3.05) is 0 Å². The van der Waals surface area contributed by atoms with E-state index in [4.69, 9.17) is 10.8 Å². The minimum Gasteiger partial charge on any atom is -0.480 e. The number of benzene rings is 1. The summed E-state index contributed by atoms with van der Waals surface area (Å²) in [7, 11) is 0. The van der Waals surface area contributed by atoms with Crippen LogP contribution < -0.4 is 21.7 Å². The van der Waals surface area contributed by atoms with E-state index in [1.807, 2.05) is 6.07 Å². The topological polar surface area (TPSA) is 179 Å². The number of aromatic nitrogens is 2. The van der Waals surface area contributed by atoms with Gasteiger partial charge in [-0.2, -0.15) is 0 Å². The van der Waals surface area contributed by atoms with E-state index in [-0.39, 0.29) is 12.8 Å². The van der Waals surface area contributed by atoms with Gasteiger partial charge >= 0.3 is 5.97 Å². The Balaban J connectivity index is 2.01. The van der Waals surface area contributed by atoms with Crippen LogP contribution in [0.15, 0.2) is 42.9 Å². The number of nitrogens with one attached hydrogen (secondary N) is 4. The van der Waals surface area contributed by atoms with Gasteiger partial charge in [-0.25, -0.2) is 4.98 Å². The maximum atomic E-state index is 12.7. The van der Waals surface area contributed by atoms with Crippen LogP contribution in [0.3, 0.4) is 0 Å². The Morgan fingerprint density at radius 3 is 2.22 bits per heavy atom. The lowest BCUT2D eigenvalue weighted by Crippen LogP contribution is -2.56. The van der Waals surface area contributed by atoms with Crippen molar-refractivity contribution in [3.63, 3.8) is 0 Å². The number of carbonyl (C=O) groups excluding carboxylic acids is 3. The molecule has 1 heterocycles. The van der Waals surface area contributed by atoms with Crippen LogP contribution in [0.1, 0.15) is 25.1 Å². The molecule has 1 aromatic carbocycles. The molecular weight excluding hydrogens is 416 g/mol. The average Bonchev–Trinajstić information content (AvgIpc) is 3.26. The third kappa shape index (κ3) is 7.51. The Morgan fingerprint density at radius 2 is 1.62 bits per heavy atom. The van der Waals surface area contributed by atoms with Crippen molar-refractivity contribution in [1.29, 1.82) is 0 Å². The van der Waals surface area contributed by atoms with Crippen molar-refractivity contribution in [3.05, 3.63) is 54.1 Å². The lowest BCUT2D eigenvalue weighted by atomic mass is 10.0. The molecule has 2 aromatic rings. The first kappa shape index (κ1) is 24.5. The number of rotatable bonds is 11. The third-order valence-electron chi connectivity index (χ3n) is 4.73. The summed E-state index contributed by atoms with van der Waals surface area (Å²) in [5.74, 6) is -2.99. The molecule has 1 aromatic heterocycles. The number of imidazole rings is 1. The summed E-state index contributed by atoms with van der Waals surface area (Å²) >= 11 is 0. The zero-order valence-corrected chi connectivity index (χ0v) is 17.9. The van der Waals surface area contributed by atoms with Gasteiger partial charge in [0.1, 0.15) is 18.1 Å². The maximum absolute atomic E-state index is 12.7. The molecule has 11 heteroatoms. The van der Waals surface area contributed by atoms with E-state index in [1.165, 1.54) is 20.2 Å². The van der Waals surface area contributed by atoms with E-state index in [0.717, 1.165) is 5.56 Å². The van der Waals surface area contributed by atoms with Crippen LogP contribution >= 0.6 is 0 Å². The van der Waals surface area contributed by atoms with Gasteiger partial charge in [0.05, 0.1) is 12.4 Å². The molecule has 4 unspecified atom stereocenters. The highest BCUT2D eigenvalue weighted by Gasteiger charge is 2.27. The van der Waals surface area contributed by atoms with Crippen LogP contribution in [0, 0.1) is 0 Å². The van der Waals surface area contributed by atoms with Crippen LogP contribution in [0.5, 0.6) is 0 Å². The lowest BCUT2D eigenvalue weighted by Gasteiger charge is -2.23. The normalized spacial score (nSPS) is 14.5. The van der Waals surface area contributed by atoms with E-state index < -0.39 is 47.9 Å². The van der Waals surface area contributed by atoms with E-state index in [9.17, 15) is 19.2 Å². The molecule has 0 saturated heterocycles. The average molecular weight is 444 g/mol.